The Bertz CT molecular complexity index is 492. The van der Waals surface area contributed by atoms with Crippen LogP contribution in [0.5, 0.6) is 0 Å². The van der Waals surface area contributed by atoms with Gasteiger partial charge in [0.15, 0.2) is 0 Å². The maximum absolute atomic E-state index is 11.8. The summed E-state index contributed by atoms with van der Waals surface area (Å²) in [7, 11) is -3.74. The van der Waals surface area contributed by atoms with Crippen LogP contribution >= 0.6 is 15.9 Å². The highest BCUT2D eigenvalue weighted by atomic mass is 79.9. The fraction of sp³-hybridized carbons (Fsp3) is 0.333. The Morgan fingerprint density at radius 1 is 1.47 bits per heavy atom. The van der Waals surface area contributed by atoms with E-state index in [0.717, 1.165) is 0 Å². The van der Waals surface area contributed by atoms with Gasteiger partial charge < -0.3 is 15.9 Å². The molecule has 0 bridgehead atoms. The second kappa shape index (κ2) is 5.78. The van der Waals surface area contributed by atoms with Gasteiger partial charge in [-0.25, -0.2) is 13.1 Å². The normalized spacial score (nSPS) is 13.6. The molecule has 0 aliphatic heterocycles. The van der Waals surface area contributed by atoms with Crippen molar-refractivity contribution in [2.24, 2.45) is 0 Å². The van der Waals surface area contributed by atoms with Gasteiger partial charge in [0.05, 0.1) is 17.6 Å². The smallest absolute Gasteiger partial charge is 0.241 e. The number of sulfonamides is 1. The van der Waals surface area contributed by atoms with Crippen molar-refractivity contribution in [2.45, 2.75) is 11.0 Å². The monoisotopic (exact) mass is 324 g/mol. The molecule has 1 aromatic carbocycles. The van der Waals surface area contributed by atoms with Crippen molar-refractivity contribution in [3.63, 3.8) is 0 Å². The summed E-state index contributed by atoms with van der Waals surface area (Å²) in [6.45, 7) is -0.763. The van der Waals surface area contributed by atoms with Crippen LogP contribution < -0.4 is 10.5 Å². The third kappa shape index (κ3) is 3.93. The van der Waals surface area contributed by atoms with Crippen LogP contribution in [-0.4, -0.2) is 37.9 Å². The lowest BCUT2D eigenvalue weighted by molar-refractivity contribution is 0.0988. The Balaban J connectivity index is 2.90. The van der Waals surface area contributed by atoms with Gasteiger partial charge in [-0.05, 0) is 34.1 Å². The summed E-state index contributed by atoms with van der Waals surface area (Å²) in [5.41, 5.74) is 5.93. The molecule has 6 nitrogen and oxygen atoms in total. The predicted molar refractivity (Wildman–Crippen MR) is 66.8 cm³/mol. The van der Waals surface area contributed by atoms with Crippen molar-refractivity contribution in [3.05, 3.63) is 22.7 Å². The molecule has 5 N–H and O–H groups in total. The Hall–Kier alpha value is -0.670. The van der Waals surface area contributed by atoms with E-state index in [0.29, 0.717) is 10.2 Å². The van der Waals surface area contributed by atoms with Gasteiger partial charge in [-0.3, -0.25) is 0 Å². The molecule has 0 spiro atoms. The molecule has 0 fully saturated rings. The molecule has 1 unspecified atom stereocenters. The lowest BCUT2D eigenvalue weighted by atomic mass is 10.3. The molecule has 0 aliphatic rings. The van der Waals surface area contributed by atoms with E-state index < -0.39 is 22.7 Å². The van der Waals surface area contributed by atoms with Crippen molar-refractivity contribution in [3.8, 4) is 0 Å². The van der Waals surface area contributed by atoms with Gasteiger partial charge in [-0.15, -0.1) is 0 Å². The lowest BCUT2D eigenvalue weighted by Gasteiger charge is -2.11. The van der Waals surface area contributed by atoms with Crippen molar-refractivity contribution in [1.29, 1.82) is 0 Å². The van der Waals surface area contributed by atoms with Crippen molar-refractivity contribution >= 4 is 31.6 Å². The van der Waals surface area contributed by atoms with Crippen molar-refractivity contribution < 1.29 is 18.6 Å². The Kier molecular flexibility index (Phi) is 4.90. The summed E-state index contributed by atoms with van der Waals surface area (Å²) in [4.78, 5) is 0.0249. The number of hydrogen-bond acceptors (Lipinski definition) is 5. The largest absolute Gasteiger partial charge is 0.399 e. The fourth-order valence-corrected chi connectivity index (χ4v) is 3.25. The predicted octanol–water partition coefficient (Wildman–Crippen LogP) is -0.337. The van der Waals surface area contributed by atoms with Gasteiger partial charge in [0, 0.05) is 16.7 Å². The van der Waals surface area contributed by atoms with Crippen LogP contribution in [0.4, 0.5) is 5.69 Å². The van der Waals surface area contributed by atoms with Gasteiger partial charge in [-0.1, -0.05) is 0 Å². The molecule has 0 radical (unpaired) electrons. The van der Waals surface area contributed by atoms with Gasteiger partial charge in [0.2, 0.25) is 10.0 Å². The fourth-order valence-electron chi connectivity index (χ4n) is 1.08. The molecule has 0 saturated carbocycles. The highest BCUT2D eigenvalue weighted by Crippen LogP contribution is 2.23. The maximum Gasteiger partial charge on any atom is 0.241 e. The average molecular weight is 325 g/mol. The van der Waals surface area contributed by atoms with E-state index in [9.17, 15) is 8.42 Å². The average Bonchev–Trinajstić information content (AvgIpc) is 2.25. The first-order chi connectivity index (χ1) is 7.86. The number of anilines is 1. The van der Waals surface area contributed by atoms with Crippen LogP contribution in [-0.2, 0) is 10.0 Å². The minimum Gasteiger partial charge on any atom is -0.399 e. The summed E-state index contributed by atoms with van der Waals surface area (Å²) in [6, 6.07) is 4.28. The summed E-state index contributed by atoms with van der Waals surface area (Å²) in [5.74, 6) is 0. The molecule has 8 heteroatoms. The molecule has 0 heterocycles. The van der Waals surface area contributed by atoms with Gasteiger partial charge >= 0.3 is 0 Å². The van der Waals surface area contributed by atoms with Crippen molar-refractivity contribution in [2.75, 3.05) is 18.9 Å². The zero-order chi connectivity index (χ0) is 13.1. The number of aliphatic hydroxyl groups excluding tert-OH is 2. The van der Waals surface area contributed by atoms with Gasteiger partial charge in [0.25, 0.3) is 0 Å². The zero-order valence-electron chi connectivity index (χ0n) is 8.80. The number of nitrogen functional groups attached to an aromatic ring is 1. The summed E-state index contributed by atoms with van der Waals surface area (Å²) in [6.07, 6.45) is -1.13. The molecular weight excluding hydrogens is 312 g/mol. The molecule has 0 amide bonds. The third-order valence-electron chi connectivity index (χ3n) is 1.97. The number of hydrogen-bond donors (Lipinski definition) is 4. The standard InChI is InChI=1S/C9H13BrN2O4S/c10-8-3-6(11)1-2-9(8)17(15,16)12-4-7(14)5-13/h1-3,7,12-14H,4-5,11H2. The lowest BCUT2D eigenvalue weighted by Crippen LogP contribution is -2.34. The van der Waals surface area contributed by atoms with Gasteiger partial charge in [-0.2, -0.15) is 0 Å². The second-order valence-electron chi connectivity index (χ2n) is 3.38. The minimum atomic E-state index is -3.74. The van der Waals surface area contributed by atoms with E-state index in [1.54, 1.807) is 0 Å². The molecule has 17 heavy (non-hydrogen) atoms. The number of nitrogens with two attached hydrogens (primary N) is 1. The Morgan fingerprint density at radius 2 is 2.12 bits per heavy atom. The van der Waals surface area contributed by atoms with Crippen LogP contribution in [0.15, 0.2) is 27.6 Å². The van der Waals surface area contributed by atoms with Crippen LogP contribution in [0.1, 0.15) is 0 Å². The van der Waals surface area contributed by atoms with E-state index in [1.165, 1.54) is 18.2 Å². The molecule has 1 rings (SSSR count). The number of rotatable bonds is 5. The number of halogens is 1. The van der Waals surface area contributed by atoms with Gasteiger partial charge in [0.1, 0.15) is 0 Å². The Labute approximate surface area is 108 Å². The molecule has 0 saturated heterocycles. The van der Waals surface area contributed by atoms with Crippen LogP contribution in [0, 0.1) is 0 Å². The third-order valence-corrected chi connectivity index (χ3v) is 4.37. The first kappa shape index (κ1) is 14.4. The van der Waals surface area contributed by atoms with Crippen molar-refractivity contribution in [1.82, 2.24) is 4.72 Å². The summed E-state index contributed by atoms with van der Waals surface area (Å²) < 4.78 is 26.1. The number of benzene rings is 1. The first-order valence-corrected chi connectivity index (χ1v) is 6.98. The van der Waals surface area contributed by atoms with E-state index in [-0.39, 0.29) is 11.4 Å². The Morgan fingerprint density at radius 3 is 2.65 bits per heavy atom. The van der Waals surface area contributed by atoms with Crippen LogP contribution in [0.3, 0.4) is 0 Å². The van der Waals surface area contributed by atoms with E-state index in [2.05, 4.69) is 20.7 Å². The topological polar surface area (TPSA) is 113 Å². The highest BCUT2D eigenvalue weighted by Gasteiger charge is 2.18. The molecule has 0 aromatic heterocycles. The SMILES string of the molecule is Nc1ccc(S(=O)(=O)NCC(O)CO)c(Br)c1. The van der Waals surface area contributed by atoms with E-state index in [4.69, 9.17) is 15.9 Å². The zero-order valence-corrected chi connectivity index (χ0v) is 11.2. The summed E-state index contributed by atoms with van der Waals surface area (Å²) in [5, 5.41) is 17.7. The maximum atomic E-state index is 11.8. The van der Waals surface area contributed by atoms with Crippen LogP contribution in [0.2, 0.25) is 0 Å². The molecule has 96 valence electrons. The molecule has 0 aliphatic carbocycles. The quantitative estimate of drug-likeness (QED) is 0.554. The number of nitrogens with one attached hydrogen (secondary N) is 1. The highest BCUT2D eigenvalue weighted by molar-refractivity contribution is 9.10. The molecular formula is C9H13BrN2O4S. The first-order valence-electron chi connectivity index (χ1n) is 4.70. The summed E-state index contributed by atoms with van der Waals surface area (Å²) >= 11 is 3.10. The second-order valence-corrected chi connectivity index (χ2v) is 5.97. The molecule has 1 aromatic rings. The number of aliphatic hydroxyl groups is 2. The minimum absolute atomic E-state index is 0.0249. The van der Waals surface area contributed by atoms with E-state index >= 15 is 0 Å². The molecule has 1 atom stereocenters. The van der Waals surface area contributed by atoms with E-state index in [1.807, 2.05) is 0 Å². The van der Waals surface area contributed by atoms with Crippen LogP contribution in [0.25, 0.3) is 0 Å².